The van der Waals surface area contributed by atoms with Crippen LogP contribution in [0.4, 0.5) is 5.69 Å². The van der Waals surface area contributed by atoms with Crippen LogP contribution < -0.4 is 4.90 Å². The molecule has 1 N–H and O–H groups in total. The Kier molecular flexibility index (Phi) is 4.58. The number of hydrogen-bond acceptors (Lipinski definition) is 3. The minimum Gasteiger partial charge on any atom is -0.478 e. The standard InChI is InChI=1S/C17H20N2O2/c1-4-19(11-15-7-5-6-13(3)18-15)16-9-8-14(17(20)21)10-12(16)2/h5-10H,4,11H2,1-3H3,(H,20,21). The van der Waals surface area contributed by atoms with Gasteiger partial charge in [0.15, 0.2) is 0 Å². The molecule has 4 nitrogen and oxygen atoms in total. The molecular weight excluding hydrogens is 264 g/mol. The lowest BCUT2D eigenvalue weighted by molar-refractivity contribution is 0.0697. The van der Waals surface area contributed by atoms with E-state index in [4.69, 9.17) is 5.11 Å². The fraction of sp³-hybridized carbons (Fsp3) is 0.294. The van der Waals surface area contributed by atoms with Crippen LogP contribution in [-0.4, -0.2) is 22.6 Å². The van der Waals surface area contributed by atoms with Crippen molar-refractivity contribution in [3.63, 3.8) is 0 Å². The van der Waals surface area contributed by atoms with Crippen LogP contribution in [0.15, 0.2) is 36.4 Å². The molecule has 0 aliphatic heterocycles. The zero-order chi connectivity index (χ0) is 15.4. The Morgan fingerprint density at radius 2 is 2.00 bits per heavy atom. The summed E-state index contributed by atoms with van der Waals surface area (Å²) in [5, 5.41) is 9.04. The average Bonchev–Trinajstić information content (AvgIpc) is 2.45. The number of carboxylic acids is 1. The van der Waals surface area contributed by atoms with Gasteiger partial charge in [0.2, 0.25) is 0 Å². The quantitative estimate of drug-likeness (QED) is 0.914. The number of nitrogens with zero attached hydrogens (tertiary/aromatic N) is 2. The lowest BCUT2D eigenvalue weighted by atomic mass is 10.1. The average molecular weight is 284 g/mol. The maximum Gasteiger partial charge on any atom is 0.335 e. The van der Waals surface area contributed by atoms with E-state index in [0.717, 1.165) is 29.2 Å². The molecule has 0 unspecified atom stereocenters. The minimum absolute atomic E-state index is 0.320. The first-order chi connectivity index (χ1) is 10.0. The van der Waals surface area contributed by atoms with Crippen molar-refractivity contribution in [1.29, 1.82) is 0 Å². The smallest absolute Gasteiger partial charge is 0.335 e. The summed E-state index contributed by atoms with van der Waals surface area (Å²) < 4.78 is 0. The van der Waals surface area contributed by atoms with Crippen molar-refractivity contribution >= 4 is 11.7 Å². The molecule has 0 atom stereocenters. The van der Waals surface area contributed by atoms with Gasteiger partial charge in [0.1, 0.15) is 0 Å². The van der Waals surface area contributed by atoms with E-state index in [1.807, 2.05) is 38.1 Å². The molecule has 0 radical (unpaired) electrons. The fourth-order valence-electron chi connectivity index (χ4n) is 2.39. The topological polar surface area (TPSA) is 53.4 Å². The molecule has 0 amide bonds. The molecule has 2 aromatic rings. The van der Waals surface area contributed by atoms with Gasteiger partial charge in [0, 0.05) is 17.9 Å². The highest BCUT2D eigenvalue weighted by atomic mass is 16.4. The van der Waals surface area contributed by atoms with Gasteiger partial charge in [-0.05, 0) is 56.7 Å². The first-order valence-electron chi connectivity index (χ1n) is 7.02. The lowest BCUT2D eigenvalue weighted by Crippen LogP contribution is -2.23. The number of aromatic carboxylic acids is 1. The van der Waals surface area contributed by atoms with Crippen molar-refractivity contribution in [2.45, 2.75) is 27.3 Å². The van der Waals surface area contributed by atoms with Crippen molar-refractivity contribution in [3.05, 3.63) is 58.9 Å². The summed E-state index contributed by atoms with van der Waals surface area (Å²) in [6.45, 7) is 7.55. The second-order valence-electron chi connectivity index (χ2n) is 5.09. The van der Waals surface area contributed by atoms with Gasteiger partial charge in [-0.3, -0.25) is 4.98 Å². The Balaban J connectivity index is 2.27. The van der Waals surface area contributed by atoms with Crippen LogP contribution in [0.5, 0.6) is 0 Å². The Hall–Kier alpha value is -2.36. The van der Waals surface area contributed by atoms with E-state index in [1.54, 1.807) is 12.1 Å². The molecule has 110 valence electrons. The summed E-state index contributed by atoms with van der Waals surface area (Å²) >= 11 is 0. The molecule has 0 bridgehead atoms. The number of aryl methyl sites for hydroxylation is 2. The Bertz CT molecular complexity index is 653. The van der Waals surface area contributed by atoms with Crippen LogP contribution in [0, 0.1) is 13.8 Å². The second kappa shape index (κ2) is 6.39. The van der Waals surface area contributed by atoms with E-state index in [9.17, 15) is 4.79 Å². The van der Waals surface area contributed by atoms with Crippen LogP contribution in [0.25, 0.3) is 0 Å². The Morgan fingerprint density at radius 3 is 2.57 bits per heavy atom. The van der Waals surface area contributed by atoms with Crippen molar-refractivity contribution < 1.29 is 9.90 Å². The van der Waals surface area contributed by atoms with Crippen molar-refractivity contribution in [1.82, 2.24) is 4.98 Å². The third-order valence-electron chi connectivity index (χ3n) is 3.47. The summed E-state index contributed by atoms with van der Waals surface area (Å²) in [6, 6.07) is 11.2. The van der Waals surface area contributed by atoms with E-state index >= 15 is 0 Å². The van der Waals surface area contributed by atoms with Gasteiger partial charge in [-0.1, -0.05) is 6.07 Å². The molecule has 2 rings (SSSR count). The number of aromatic nitrogens is 1. The maximum atomic E-state index is 11.0. The number of hydrogen-bond donors (Lipinski definition) is 1. The molecule has 0 saturated carbocycles. The van der Waals surface area contributed by atoms with Crippen LogP contribution in [0.3, 0.4) is 0 Å². The van der Waals surface area contributed by atoms with E-state index in [2.05, 4.69) is 16.8 Å². The zero-order valence-electron chi connectivity index (χ0n) is 12.6. The molecule has 0 aliphatic rings. The summed E-state index contributed by atoms with van der Waals surface area (Å²) in [6.07, 6.45) is 0. The highest BCUT2D eigenvalue weighted by Crippen LogP contribution is 2.23. The number of carboxylic acid groups (broad SMARTS) is 1. The van der Waals surface area contributed by atoms with Crippen LogP contribution >= 0.6 is 0 Å². The first-order valence-corrected chi connectivity index (χ1v) is 7.02. The predicted octanol–water partition coefficient (Wildman–Crippen LogP) is 3.42. The molecule has 1 aromatic carbocycles. The lowest BCUT2D eigenvalue weighted by Gasteiger charge is -2.25. The van der Waals surface area contributed by atoms with Gasteiger partial charge >= 0.3 is 5.97 Å². The van der Waals surface area contributed by atoms with Gasteiger partial charge in [-0.2, -0.15) is 0 Å². The summed E-state index contributed by atoms with van der Waals surface area (Å²) in [5.41, 5.74) is 4.34. The van der Waals surface area contributed by atoms with Crippen molar-refractivity contribution in [2.75, 3.05) is 11.4 Å². The molecule has 21 heavy (non-hydrogen) atoms. The predicted molar refractivity (Wildman–Crippen MR) is 83.8 cm³/mol. The van der Waals surface area contributed by atoms with Crippen molar-refractivity contribution in [2.24, 2.45) is 0 Å². The highest BCUT2D eigenvalue weighted by molar-refractivity contribution is 5.88. The maximum absolute atomic E-state index is 11.0. The molecule has 0 spiro atoms. The third-order valence-corrected chi connectivity index (χ3v) is 3.47. The largest absolute Gasteiger partial charge is 0.478 e. The summed E-state index contributed by atoms with van der Waals surface area (Å²) in [4.78, 5) is 17.7. The SMILES string of the molecule is CCN(Cc1cccc(C)n1)c1ccc(C(=O)O)cc1C. The normalized spacial score (nSPS) is 10.4. The molecule has 4 heteroatoms. The number of anilines is 1. The highest BCUT2D eigenvalue weighted by Gasteiger charge is 2.11. The van der Waals surface area contributed by atoms with E-state index in [1.165, 1.54) is 0 Å². The second-order valence-corrected chi connectivity index (χ2v) is 5.09. The van der Waals surface area contributed by atoms with E-state index in [0.29, 0.717) is 12.1 Å². The molecular formula is C17H20N2O2. The van der Waals surface area contributed by atoms with Gasteiger partial charge in [-0.15, -0.1) is 0 Å². The zero-order valence-corrected chi connectivity index (χ0v) is 12.6. The molecule has 0 saturated heterocycles. The van der Waals surface area contributed by atoms with Crippen LogP contribution in [0.2, 0.25) is 0 Å². The Morgan fingerprint density at radius 1 is 1.24 bits per heavy atom. The van der Waals surface area contributed by atoms with Crippen molar-refractivity contribution in [3.8, 4) is 0 Å². The van der Waals surface area contributed by atoms with Crippen LogP contribution in [0.1, 0.15) is 34.2 Å². The van der Waals surface area contributed by atoms with Crippen LogP contribution in [-0.2, 0) is 6.54 Å². The fourth-order valence-corrected chi connectivity index (χ4v) is 2.39. The molecule has 1 aromatic heterocycles. The number of rotatable bonds is 5. The van der Waals surface area contributed by atoms with Gasteiger partial charge in [0.05, 0.1) is 17.8 Å². The first kappa shape index (κ1) is 15.0. The van der Waals surface area contributed by atoms with Gasteiger partial charge in [0.25, 0.3) is 0 Å². The number of carbonyl (C=O) groups is 1. The summed E-state index contributed by atoms with van der Waals surface area (Å²) in [7, 11) is 0. The molecule has 0 fully saturated rings. The number of pyridine rings is 1. The van der Waals surface area contributed by atoms with E-state index in [-0.39, 0.29) is 0 Å². The minimum atomic E-state index is -0.895. The third kappa shape index (κ3) is 3.60. The molecule has 0 aliphatic carbocycles. The van der Waals surface area contributed by atoms with Gasteiger partial charge in [-0.25, -0.2) is 4.79 Å². The van der Waals surface area contributed by atoms with Gasteiger partial charge < -0.3 is 10.0 Å². The summed E-state index contributed by atoms with van der Waals surface area (Å²) in [5.74, 6) is -0.895. The molecule has 1 heterocycles. The number of benzene rings is 1. The Labute approximate surface area is 125 Å². The monoisotopic (exact) mass is 284 g/mol. The van der Waals surface area contributed by atoms with E-state index < -0.39 is 5.97 Å².